The molecule has 1 aromatic rings. The number of hydrogen-bond acceptors (Lipinski definition) is 3. The Morgan fingerprint density at radius 3 is 2.73 bits per heavy atom. The molecule has 3 heteroatoms. The van der Waals surface area contributed by atoms with E-state index >= 15 is 0 Å². The van der Waals surface area contributed by atoms with Crippen LogP contribution in [0.2, 0.25) is 0 Å². The van der Waals surface area contributed by atoms with Gasteiger partial charge in [0.15, 0.2) is 0 Å². The minimum atomic E-state index is -0.492. The quantitative estimate of drug-likeness (QED) is 0.575. The Hall–Kier alpha value is -2.16. The zero-order chi connectivity index (χ0) is 15.8. The maximum absolute atomic E-state index is 11.4. The molecule has 2 rings (SSSR count). The van der Waals surface area contributed by atoms with Crippen molar-refractivity contribution in [3.8, 4) is 0 Å². The van der Waals surface area contributed by atoms with E-state index in [0.29, 0.717) is 6.42 Å². The van der Waals surface area contributed by atoms with Crippen molar-refractivity contribution in [1.82, 2.24) is 0 Å². The maximum Gasteiger partial charge on any atom is 0.303 e. The van der Waals surface area contributed by atoms with Gasteiger partial charge in [-0.2, -0.15) is 0 Å². The van der Waals surface area contributed by atoms with Gasteiger partial charge in [0.25, 0.3) is 0 Å². The third kappa shape index (κ3) is 4.69. The van der Waals surface area contributed by atoms with E-state index in [1.165, 1.54) is 6.92 Å². The third-order valence-corrected chi connectivity index (χ3v) is 3.68. The van der Waals surface area contributed by atoms with Gasteiger partial charge in [0.2, 0.25) is 0 Å². The van der Waals surface area contributed by atoms with Crippen LogP contribution in [0.1, 0.15) is 45.1 Å². The lowest BCUT2D eigenvalue weighted by molar-refractivity contribution is -0.152. The molecule has 0 radical (unpaired) electrons. The van der Waals surface area contributed by atoms with Crippen LogP contribution in [0.3, 0.4) is 0 Å². The number of carbonyl (C=O) groups is 1. The van der Waals surface area contributed by atoms with E-state index in [4.69, 9.17) is 4.74 Å². The van der Waals surface area contributed by atoms with Crippen LogP contribution >= 0.6 is 0 Å². The first-order valence-electron chi connectivity index (χ1n) is 7.82. The Kier molecular flexibility index (Phi) is 5.70. The number of hydrogen-bond donors (Lipinski definition) is 0. The summed E-state index contributed by atoms with van der Waals surface area (Å²) in [5.74, 6) is -0.231. The lowest BCUT2D eigenvalue weighted by Crippen LogP contribution is -2.33. The van der Waals surface area contributed by atoms with Gasteiger partial charge in [-0.25, -0.2) is 0 Å². The maximum atomic E-state index is 11.4. The fraction of sp³-hybridized carbons (Fsp3) is 0.368. The highest BCUT2D eigenvalue weighted by molar-refractivity contribution is 5.80. The smallest absolute Gasteiger partial charge is 0.303 e. The summed E-state index contributed by atoms with van der Waals surface area (Å²) in [6.07, 6.45) is 11.5. The van der Waals surface area contributed by atoms with Crippen molar-refractivity contribution in [2.75, 3.05) is 0 Å². The number of carbonyl (C=O) groups excluding carboxylic acids is 1. The second-order valence-corrected chi connectivity index (χ2v) is 5.60. The number of rotatable bonds is 6. The molecule has 0 heterocycles. The Morgan fingerprint density at radius 2 is 2.14 bits per heavy atom. The van der Waals surface area contributed by atoms with Crippen molar-refractivity contribution in [2.45, 2.75) is 45.1 Å². The molecule has 22 heavy (non-hydrogen) atoms. The van der Waals surface area contributed by atoms with E-state index in [1.807, 2.05) is 54.8 Å². The van der Waals surface area contributed by atoms with Gasteiger partial charge in [-0.15, -0.1) is 0 Å². The zero-order valence-electron chi connectivity index (χ0n) is 13.3. The van der Waals surface area contributed by atoms with Crippen LogP contribution in [0.4, 0.5) is 0 Å². The average Bonchev–Trinajstić information content (AvgIpc) is 2.53. The van der Waals surface area contributed by atoms with Crippen LogP contribution in [-0.4, -0.2) is 17.8 Å². The van der Waals surface area contributed by atoms with Gasteiger partial charge in [0.05, 0.1) is 5.70 Å². The van der Waals surface area contributed by atoms with Gasteiger partial charge in [0, 0.05) is 19.6 Å². The van der Waals surface area contributed by atoms with Crippen LogP contribution in [-0.2, 0) is 9.53 Å². The minimum absolute atomic E-state index is 0.231. The van der Waals surface area contributed by atoms with Crippen molar-refractivity contribution < 1.29 is 9.53 Å². The Morgan fingerprint density at radius 1 is 1.36 bits per heavy atom. The highest BCUT2D eigenvalue weighted by atomic mass is 16.6. The van der Waals surface area contributed by atoms with E-state index in [9.17, 15) is 4.79 Å². The molecule has 1 unspecified atom stereocenters. The normalized spacial score (nSPS) is 20.9. The van der Waals surface area contributed by atoms with E-state index in [2.05, 4.69) is 11.9 Å². The topological polar surface area (TPSA) is 38.7 Å². The number of benzene rings is 1. The molecule has 0 N–H and O–H groups in total. The number of aliphatic imine (C=N–C) groups is 1. The molecule has 0 amide bonds. The van der Waals surface area contributed by atoms with Gasteiger partial charge < -0.3 is 4.74 Å². The van der Waals surface area contributed by atoms with Crippen molar-refractivity contribution in [1.29, 1.82) is 0 Å². The van der Waals surface area contributed by atoms with Crippen LogP contribution in [0.25, 0.3) is 0 Å². The van der Waals surface area contributed by atoms with E-state index in [0.717, 1.165) is 30.5 Å². The highest BCUT2D eigenvalue weighted by Crippen LogP contribution is 2.30. The zero-order valence-corrected chi connectivity index (χ0v) is 13.3. The molecule has 1 aromatic carbocycles. The minimum Gasteiger partial charge on any atom is -0.455 e. The number of allylic oxidation sites excluding steroid dienone is 1. The molecule has 0 fully saturated rings. The number of ether oxygens (including phenoxy) is 1. The summed E-state index contributed by atoms with van der Waals surface area (Å²) >= 11 is 0. The fourth-order valence-corrected chi connectivity index (χ4v) is 2.51. The average molecular weight is 297 g/mol. The van der Waals surface area contributed by atoms with E-state index in [-0.39, 0.29) is 5.97 Å². The van der Waals surface area contributed by atoms with Crippen LogP contribution in [0.5, 0.6) is 0 Å². The largest absolute Gasteiger partial charge is 0.455 e. The summed E-state index contributed by atoms with van der Waals surface area (Å²) in [6.45, 7) is 3.60. The molecule has 1 aliphatic carbocycles. The Bertz CT molecular complexity index is 587. The Balaban J connectivity index is 2.04. The molecule has 116 valence electrons. The summed E-state index contributed by atoms with van der Waals surface area (Å²) in [5, 5.41) is 0. The predicted molar refractivity (Wildman–Crippen MR) is 89.9 cm³/mol. The summed E-state index contributed by atoms with van der Waals surface area (Å²) in [7, 11) is 0. The first-order chi connectivity index (χ1) is 10.6. The highest BCUT2D eigenvalue weighted by Gasteiger charge is 2.30. The number of unbranched alkanes of at least 4 members (excludes halogenated alkanes) is 1. The van der Waals surface area contributed by atoms with Gasteiger partial charge in [-0.1, -0.05) is 49.8 Å². The fourth-order valence-electron chi connectivity index (χ4n) is 2.51. The molecule has 0 bridgehead atoms. The van der Waals surface area contributed by atoms with Gasteiger partial charge in [0.1, 0.15) is 5.60 Å². The van der Waals surface area contributed by atoms with Crippen LogP contribution < -0.4 is 0 Å². The van der Waals surface area contributed by atoms with Crippen molar-refractivity contribution in [3.05, 3.63) is 59.8 Å². The molecule has 0 aromatic heterocycles. The standard InChI is InChI=1S/C19H23NO2/c1-3-4-12-19(22-16(2)21)13-10-18(11-14-19)20-15-17-8-6-5-7-9-17/h5-11,13,15H,3-4,12,14H2,1-2H3. The second-order valence-electron chi connectivity index (χ2n) is 5.60. The van der Waals surface area contributed by atoms with E-state index < -0.39 is 5.60 Å². The van der Waals surface area contributed by atoms with Crippen molar-refractivity contribution in [3.63, 3.8) is 0 Å². The predicted octanol–water partition coefficient (Wildman–Crippen LogP) is 4.44. The number of nitrogens with zero attached hydrogens (tertiary/aromatic N) is 1. The molecular weight excluding hydrogens is 274 g/mol. The lowest BCUT2D eigenvalue weighted by atomic mass is 9.88. The monoisotopic (exact) mass is 297 g/mol. The molecule has 0 spiro atoms. The number of esters is 1. The molecule has 0 saturated heterocycles. The lowest BCUT2D eigenvalue weighted by Gasteiger charge is -2.31. The van der Waals surface area contributed by atoms with Crippen LogP contribution in [0, 0.1) is 0 Å². The third-order valence-electron chi connectivity index (χ3n) is 3.68. The molecular formula is C19H23NO2. The van der Waals surface area contributed by atoms with Gasteiger partial charge in [-0.3, -0.25) is 9.79 Å². The summed E-state index contributed by atoms with van der Waals surface area (Å²) in [5.41, 5.74) is 1.48. The Labute approximate surface area is 132 Å². The summed E-state index contributed by atoms with van der Waals surface area (Å²) in [4.78, 5) is 15.9. The molecule has 3 nitrogen and oxygen atoms in total. The van der Waals surface area contributed by atoms with Crippen molar-refractivity contribution in [2.24, 2.45) is 4.99 Å². The molecule has 1 atom stereocenters. The molecule has 0 aliphatic heterocycles. The van der Waals surface area contributed by atoms with Crippen LogP contribution in [0.15, 0.2) is 59.2 Å². The van der Waals surface area contributed by atoms with Gasteiger partial charge >= 0.3 is 5.97 Å². The summed E-state index contributed by atoms with van der Waals surface area (Å²) in [6, 6.07) is 9.99. The van der Waals surface area contributed by atoms with Gasteiger partial charge in [-0.05, 0) is 30.6 Å². The van der Waals surface area contributed by atoms with E-state index in [1.54, 1.807) is 0 Å². The summed E-state index contributed by atoms with van der Waals surface area (Å²) < 4.78 is 5.57. The second kappa shape index (κ2) is 7.74. The SMILES string of the molecule is CCCCC1(OC(C)=O)C=CC(N=Cc2ccccc2)=CC1. The first-order valence-corrected chi connectivity index (χ1v) is 7.82. The molecule has 1 aliphatic rings. The van der Waals surface area contributed by atoms with Crippen molar-refractivity contribution >= 4 is 12.2 Å². The molecule has 0 saturated carbocycles. The first kappa shape index (κ1) is 16.2.